The molecule has 0 fully saturated rings. The van der Waals surface area contributed by atoms with Crippen LogP contribution in [0.5, 0.6) is 5.75 Å². The third-order valence-electron chi connectivity index (χ3n) is 4.88. The molecule has 0 N–H and O–H groups in total. The van der Waals surface area contributed by atoms with Gasteiger partial charge in [-0.3, -0.25) is 4.79 Å². The summed E-state index contributed by atoms with van der Waals surface area (Å²) in [6.45, 7) is 12.5. The summed E-state index contributed by atoms with van der Waals surface area (Å²) >= 11 is 0. The zero-order chi connectivity index (χ0) is 21.6. The molecule has 5 nitrogen and oxygen atoms in total. The van der Waals surface area contributed by atoms with Gasteiger partial charge >= 0.3 is 5.97 Å². The van der Waals surface area contributed by atoms with Gasteiger partial charge in [-0.25, -0.2) is 4.79 Å². The van der Waals surface area contributed by atoms with Crippen molar-refractivity contribution in [1.29, 1.82) is 0 Å². The van der Waals surface area contributed by atoms with Crippen LogP contribution in [-0.4, -0.2) is 38.6 Å². The summed E-state index contributed by atoms with van der Waals surface area (Å²) in [5.41, 5.74) is 3.30. The van der Waals surface area contributed by atoms with Gasteiger partial charge in [-0.05, 0) is 67.3 Å². The summed E-state index contributed by atoms with van der Waals surface area (Å²) < 4.78 is 10.3. The maximum Gasteiger partial charge on any atom is 0.337 e. The van der Waals surface area contributed by atoms with Crippen molar-refractivity contribution in [1.82, 2.24) is 0 Å². The Balaban J connectivity index is 2.17. The molecule has 0 aliphatic carbocycles. The van der Waals surface area contributed by atoms with E-state index in [0.717, 1.165) is 18.7 Å². The third kappa shape index (κ3) is 5.59. The molecule has 0 atom stereocenters. The Bertz CT molecular complexity index is 846. The molecule has 0 aliphatic heterocycles. The summed E-state index contributed by atoms with van der Waals surface area (Å²) in [6.07, 6.45) is 0. The van der Waals surface area contributed by atoms with Crippen molar-refractivity contribution in [2.75, 3.05) is 31.7 Å². The van der Waals surface area contributed by atoms with Gasteiger partial charge in [-0.1, -0.05) is 20.8 Å². The highest BCUT2D eigenvalue weighted by molar-refractivity contribution is 5.98. The molecule has 0 aromatic heterocycles. The Morgan fingerprint density at radius 2 is 1.52 bits per heavy atom. The summed E-state index contributed by atoms with van der Waals surface area (Å²) in [5, 5.41) is 0. The largest absolute Gasteiger partial charge is 0.485 e. The highest BCUT2D eigenvalue weighted by Crippen LogP contribution is 2.33. The van der Waals surface area contributed by atoms with E-state index in [1.807, 2.05) is 18.2 Å². The van der Waals surface area contributed by atoms with Gasteiger partial charge in [-0.2, -0.15) is 0 Å². The molecule has 0 spiro atoms. The molecule has 0 saturated carbocycles. The zero-order valence-corrected chi connectivity index (χ0v) is 18.2. The normalized spacial score (nSPS) is 11.1. The van der Waals surface area contributed by atoms with Gasteiger partial charge in [-0.15, -0.1) is 0 Å². The number of anilines is 1. The molecular weight excluding hydrogens is 366 g/mol. The summed E-state index contributed by atoms with van der Waals surface area (Å²) in [5.74, 6) is 0.0380. The summed E-state index contributed by atoms with van der Waals surface area (Å²) in [7, 11) is 1.34. The quantitative estimate of drug-likeness (QED) is 0.469. The van der Waals surface area contributed by atoms with Gasteiger partial charge in [0.25, 0.3) is 0 Å². The Labute approximate surface area is 173 Å². The van der Waals surface area contributed by atoms with Crippen molar-refractivity contribution in [3.63, 3.8) is 0 Å². The number of rotatable bonds is 8. The topological polar surface area (TPSA) is 55.8 Å². The van der Waals surface area contributed by atoms with Crippen molar-refractivity contribution in [3.05, 3.63) is 59.2 Å². The number of benzene rings is 2. The van der Waals surface area contributed by atoms with Crippen LogP contribution in [0.3, 0.4) is 0 Å². The minimum Gasteiger partial charge on any atom is -0.485 e. The van der Waals surface area contributed by atoms with E-state index in [1.165, 1.54) is 12.8 Å². The minimum atomic E-state index is -0.407. The number of methoxy groups -OCH3 is 1. The van der Waals surface area contributed by atoms with Crippen LogP contribution < -0.4 is 9.64 Å². The van der Waals surface area contributed by atoms with Crippen molar-refractivity contribution in [2.45, 2.75) is 40.0 Å². The van der Waals surface area contributed by atoms with E-state index in [4.69, 9.17) is 4.74 Å². The van der Waals surface area contributed by atoms with Gasteiger partial charge in [0.2, 0.25) is 0 Å². The lowest BCUT2D eigenvalue weighted by molar-refractivity contribution is 0.0600. The number of esters is 1. The Morgan fingerprint density at radius 1 is 0.931 bits per heavy atom. The number of ether oxygens (including phenoxy) is 2. The predicted molar refractivity (Wildman–Crippen MR) is 116 cm³/mol. The van der Waals surface area contributed by atoms with E-state index < -0.39 is 5.97 Å². The lowest BCUT2D eigenvalue weighted by atomic mass is 9.84. The summed E-state index contributed by atoms with van der Waals surface area (Å²) in [4.78, 5) is 26.5. The molecule has 0 radical (unpaired) electrons. The van der Waals surface area contributed by atoms with Crippen molar-refractivity contribution in [3.8, 4) is 5.75 Å². The lowest BCUT2D eigenvalue weighted by Crippen LogP contribution is -2.26. The molecule has 0 bridgehead atoms. The van der Waals surface area contributed by atoms with Gasteiger partial charge in [0.15, 0.2) is 12.4 Å². The van der Waals surface area contributed by atoms with Crippen LogP contribution in [0.25, 0.3) is 0 Å². The van der Waals surface area contributed by atoms with Crippen LogP contribution in [0, 0.1) is 0 Å². The first-order chi connectivity index (χ1) is 13.7. The molecule has 0 heterocycles. The highest BCUT2D eigenvalue weighted by atomic mass is 16.5. The van der Waals surface area contributed by atoms with Crippen LogP contribution in [0.1, 0.15) is 60.9 Å². The van der Waals surface area contributed by atoms with E-state index in [0.29, 0.717) is 16.9 Å². The van der Waals surface area contributed by atoms with Crippen LogP contribution in [0.2, 0.25) is 0 Å². The number of hydrogen-bond acceptors (Lipinski definition) is 5. The average molecular weight is 398 g/mol. The molecule has 29 heavy (non-hydrogen) atoms. The van der Waals surface area contributed by atoms with Crippen LogP contribution >= 0.6 is 0 Å². The number of nitrogens with zero attached hydrogens (tertiary/aromatic N) is 1. The molecule has 2 aromatic carbocycles. The maximum atomic E-state index is 12.7. The Kier molecular flexibility index (Phi) is 7.43. The maximum absolute atomic E-state index is 12.7. The van der Waals surface area contributed by atoms with E-state index in [9.17, 15) is 9.59 Å². The average Bonchev–Trinajstić information content (AvgIpc) is 2.72. The molecule has 2 aromatic rings. The molecule has 5 heteroatoms. The van der Waals surface area contributed by atoms with Crippen molar-refractivity contribution >= 4 is 17.4 Å². The van der Waals surface area contributed by atoms with Gasteiger partial charge in [0.1, 0.15) is 5.75 Å². The number of hydrogen-bond donors (Lipinski definition) is 0. The predicted octanol–water partition coefficient (Wildman–Crippen LogP) is 4.88. The Hall–Kier alpha value is -2.82. The van der Waals surface area contributed by atoms with Gasteiger partial charge in [0.05, 0.1) is 12.7 Å². The van der Waals surface area contributed by atoms with E-state index >= 15 is 0 Å². The number of carbonyl (C=O) groups excluding carboxylic acids is 2. The Morgan fingerprint density at radius 3 is 2.03 bits per heavy atom. The number of carbonyl (C=O) groups is 2. The molecule has 0 saturated heterocycles. The number of ketones is 1. The first-order valence-corrected chi connectivity index (χ1v) is 9.95. The van der Waals surface area contributed by atoms with Crippen LogP contribution in [0.15, 0.2) is 42.5 Å². The molecular formula is C24H31NO4. The lowest BCUT2D eigenvalue weighted by Gasteiger charge is -2.30. The second kappa shape index (κ2) is 9.59. The van der Waals surface area contributed by atoms with Crippen molar-refractivity contribution < 1.29 is 19.1 Å². The first-order valence-electron chi connectivity index (χ1n) is 9.95. The fraction of sp³-hybridized carbons (Fsp3) is 0.417. The second-order valence-corrected chi connectivity index (χ2v) is 7.88. The molecule has 156 valence electrons. The fourth-order valence-electron chi connectivity index (χ4n) is 3.19. The second-order valence-electron chi connectivity index (χ2n) is 7.88. The smallest absolute Gasteiger partial charge is 0.337 e. The first kappa shape index (κ1) is 22.5. The highest BCUT2D eigenvalue weighted by Gasteiger charge is 2.22. The van der Waals surface area contributed by atoms with E-state index in [-0.39, 0.29) is 17.8 Å². The molecule has 0 aliphatic rings. The number of Topliss-reactive ketones (excluding diaryl/α,β-unsaturated/α-hetero) is 1. The molecule has 0 amide bonds. The monoisotopic (exact) mass is 397 g/mol. The zero-order valence-electron chi connectivity index (χ0n) is 18.2. The fourth-order valence-corrected chi connectivity index (χ4v) is 3.19. The van der Waals surface area contributed by atoms with E-state index in [1.54, 1.807) is 24.3 Å². The minimum absolute atomic E-state index is 0.0637. The third-order valence-corrected chi connectivity index (χ3v) is 4.88. The van der Waals surface area contributed by atoms with Crippen LogP contribution in [-0.2, 0) is 10.2 Å². The SMILES string of the molecule is CCN(CC)c1ccc(C(=O)COc2ccc(C(=O)OC)cc2)cc1C(C)(C)C. The van der Waals surface area contributed by atoms with Gasteiger partial charge in [0, 0.05) is 24.3 Å². The van der Waals surface area contributed by atoms with Gasteiger partial charge < -0.3 is 14.4 Å². The van der Waals surface area contributed by atoms with E-state index in [2.05, 4.69) is 44.3 Å². The van der Waals surface area contributed by atoms with Crippen molar-refractivity contribution in [2.24, 2.45) is 0 Å². The van der Waals surface area contributed by atoms with Crippen LogP contribution in [0.4, 0.5) is 5.69 Å². The standard InChI is InChI=1S/C24H31NO4/c1-7-25(8-2)21-14-11-18(15-20(21)24(3,4)5)22(26)16-29-19-12-9-17(10-13-19)23(27)28-6/h9-15H,7-8,16H2,1-6H3. The molecule has 0 unspecified atom stereocenters. The summed E-state index contributed by atoms with van der Waals surface area (Å²) in [6, 6.07) is 12.4. The molecule has 2 rings (SSSR count).